The van der Waals surface area contributed by atoms with Gasteiger partial charge in [0.2, 0.25) is 0 Å². The van der Waals surface area contributed by atoms with Gasteiger partial charge in [0.05, 0.1) is 12.5 Å². The van der Waals surface area contributed by atoms with Crippen LogP contribution in [0.3, 0.4) is 0 Å². The third-order valence-corrected chi connectivity index (χ3v) is 2.44. The molecule has 2 saturated heterocycles. The van der Waals surface area contributed by atoms with Gasteiger partial charge in [-0.15, -0.1) is 0 Å². The summed E-state index contributed by atoms with van der Waals surface area (Å²) < 4.78 is 5.13. The maximum atomic E-state index is 11.2. The van der Waals surface area contributed by atoms with Crippen LogP contribution < -0.4 is 10.6 Å². The highest BCUT2D eigenvalue weighted by Crippen LogP contribution is 2.08. The molecule has 0 radical (unpaired) electrons. The number of carbonyl (C=O) groups is 1. The lowest BCUT2D eigenvalue weighted by atomic mass is 10.0. The van der Waals surface area contributed by atoms with Gasteiger partial charge >= 0.3 is 5.97 Å². The molecule has 0 amide bonds. The van der Waals surface area contributed by atoms with Gasteiger partial charge in [-0.05, 0) is 0 Å². The molecule has 12 heavy (non-hydrogen) atoms. The number of esters is 1. The van der Waals surface area contributed by atoms with Gasteiger partial charge in [-0.1, -0.05) is 0 Å². The van der Waals surface area contributed by atoms with Gasteiger partial charge in [-0.2, -0.15) is 0 Å². The Morgan fingerprint density at radius 3 is 2.33 bits per heavy atom. The van der Waals surface area contributed by atoms with Crippen LogP contribution in [0.25, 0.3) is 0 Å². The van der Waals surface area contributed by atoms with Crippen molar-refractivity contribution in [2.45, 2.75) is 0 Å². The molecule has 2 heterocycles. The van der Waals surface area contributed by atoms with Crippen molar-refractivity contribution >= 4 is 5.97 Å². The van der Waals surface area contributed by atoms with Crippen LogP contribution in [-0.4, -0.2) is 38.8 Å². The molecule has 0 aromatic rings. The average molecular weight is 170 g/mol. The van der Waals surface area contributed by atoms with E-state index in [0.717, 1.165) is 26.2 Å². The van der Waals surface area contributed by atoms with Crippen LogP contribution in [0.2, 0.25) is 0 Å². The molecule has 2 aliphatic heterocycles. The predicted octanol–water partition coefficient (Wildman–Crippen LogP) is -1.03. The molecule has 0 saturated carbocycles. The minimum atomic E-state index is -0.0272. The summed E-state index contributed by atoms with van der Waals surface area (Å²) in [4.78, 5) is 11.2. The molecule has 0 aliphatic carbocycles. The Labute approximate surface area is 71.7 Å². The van der Waals surface area contributed by atoms with Crippen LogP contribution in [0, 0.1) is 11.8 Å². The van der Waals surface area contributed by atoms with Gasteiger partial charge in [-0.3, -0.25) is 4.79 Å². The molecule has 4 heteroatoms. The zero-order valence-corrected chi connectivity index (χ0v) is 7.01. The first-order valence-electron chi connectivity index (χ1n) is 4.44. The monoisotopic (exact) mass is 170 g/mol. The molecule has 2 rings (SSSR count). The first-order chi connectivity index (χ1) is 5.86. The number of nitrogens with one attached hydrogen (secondary N) is 2. The second-order valence-corrected chi connectivity index (χ2v) is 3.51. The number of carbonyl (C=O) groups excluding carboxylic acids is 1. The van der Waals surface area contributed by atoms with E-state index < -0.39 is 0 Å². The molecule has 0 aromatic heterocycles. The van der Waals surface area contributed by atoms with E-state index in [9.17, 15) is 4.79 Å². The molecule has 68 valence electrons. The van der Waals surface area contributed by atoms with E-state index in [2.05, 4.69) is 10.6 Å². The van der Waals surface area contributed by atoms with Crippen LogP contribution in [0.15, 0.2) is 0 Å². The van der Waals surface area contributed by atoms with E-state index in [-0.39, 0.29) is 11.9 Å². The molecule has 2 fully saturated rings. The molecule has 0 atom stereocenters. The average Bonchev–Trinajstić information content (AvgIpc) is 1.79. The Kier molecular flexibility index (Phi) is 2.28. The third kappa shape index (κ3) is 1.59. The van der Waals surface area contributed by atoms with E-state index >= 15 is 0 Å². The molecule has 2 aliphatic rings. The van der Waals surface area contributed by atoms with Crippen LogP contribution in [0.5, 0.6) is 0 Å². The van der Waals surface area contributed by atoms with Crippen molar-refractivity contribution in [1.29, 1.82) is 0 Å². The topological polar surface area (TPSA) is 50.4 Å². The van der Waals surface area contributed by atoms with Crippen molar-refractivity contribution < 1.29 is 9.53 Å². The second-order valence-electron chi connectivity index (χ2n) is 3.51. The van der Waals surface area contributed by atoms with Crippen LogP contribution >= 0.6 is 0 Å². The van der Waals surface area contributed by atoms with Gasteiger partial charge in [0.25, 0.3) is 0 Å². The second kappa shape index (κ2) is 3.41. The van der Waals surface area contributed by atoms with Crippen molar-refractivity contribution in [3.05, 3.63) is 0 Å². The SMILES string of the molecule is O=C(OCC1CNC1)C1CNC1. The summed E-state index contributed by atoms with van der Waals surface area (Å²) in [6, 6.07) is 0. The van der Waals surface area contributed by atoms with Gasteiger partial charge in [0.15, 0.2) is 0 Å². The maximum Gasteiger partial charge on any atom is 0.311 e. The Hall–Kier alpha value is -0.610. The molecule has 2 N–H and O–H groups in total. The van der Waals surface area contributed by atoms with E-state index in [1.54, 1.807) is 0 Å². The Bertz CT molecular complexity index is 176. The summed E-state index contributed by atoms with van der Waals surface area (Å²) in [5.74, 6) is 0.653. The maximum absolute atomic E-state index is 11.2. The predicted molar refractivity (Wildman–Crippen MR) is 43.7 cm³/mol. The molecule has 0 unspecified atom stereocenters. The van der Waals surface area contributed by atoms with Crippen LogP contribution in [-0.2, 0) is 9.53 Å². The zero-order valence-electron chi connectivity index (χ0n) is 7.01. The molecule has 0 bridgehead atoms. The van der Waals surface area contributed by atoms with Crippen LogP contribution in [0.1, 0.15) is 0 Å². The van der Waals surface area contributed by atoms with Crippen molar-refractivity contribution in [2.75, 3.05) is 32.8 Å². The third-order valence-electron chi connectivity index (χ3n) is 2.44. The minimum Gasteiger partial charge on any atom is -0.465 e. The minimum absolute atomic E-state index is 0.0272. The lowest BCUT2D eigenvalue weighted by Crippen LogP contribution is -2.49. The highest BCUT2D eigenvalue weighted by molar-refractivity contribution is 5.74. The number of hydrogen-bond donors (Lipinski definition) is 2. The molecular weight excluding hydrogens is 156 g/mol. The Morgan fingerprint density at radius 2 is 1.92 bits per heavy atom. The highest BCUT2D eigenvalue weighted by atomic mass is 16.5. The van der Waals surface area contributed by atoms with E-state index in [0.29, 0.717) is 12.5 Å². The summed E-state index contributed by atoms with van der Waals surface area (Å²) in [6.45, 7) is 4.18. The largest absolute Gasteiger partial charge is 0.465 e. The summed E-state index contributed by atoms with van der Waals surface area (Å²) in [5.41, 5.74) is 0. The van der Waals surface area contributed by atoms with E-state index in [4.69, 9.17) is 4.74 Å². The zero-order chi connectivity index (χ0) is 8.39. The molecule has 4 nitrogen and oxygen atoms in total. The van der Waals surface area contributed by atoms with Gasteiger partial charge in [0.1, 0.15) is 0 Å². The lowest BCUT2D eigenvalue weighted by molar-refractivity contribution is -0.152. The first-order valence-corrected chi connectivity index (χ1v) is 4.44. The smallest absolute Gasteiger partial charge is 0.311 e. The summed E-state index contributed by atoms with van der Waals surface area (Å²) in [5, 5.41) is 6.18. The summed E-state index contributed by atoms with van der Waals surface area (Å²) >= 11 is 0. The van der Waals surface area contributed by atoms with Gasteiger partial charge in [-0.25, -0.2) is 0 Å². The lowest BCUT2D eigenvalue weighted by Gasteiger charge is -2.29. The van der Waals surface area contributed by atoms with Gasteiger partial charge in [0, 0.05) is 32.1 Å². The molecule has 0 aromatic carbocycles. The van der Waals surface area contributed by atoms with Crippen molar-refractivity contribution in [3.63, 3.8) is 0 Å². The quantitative estimate of drug-likeness (QED) is 0.532. The van der Waals surface area contributed by atoms with Crippen molar-refractivity contribution in [1.82, 2.24) is 10.6 Å². The Morgan fingerprint density at radius 1 is 1.25 bits per heavy atom. The fourth-order valence-electron chi connectivity index (χ4n) is 1.24. The highest BCUT2D eigenvalue weighted by Gasteiger charge is 2.27. The fourth-order valence-corrected chi connectivity index (χ4v) is 1.24. The van der Waals surface area contributed by atoms with Crippen molar-refractivity contribution in [3.8, 4) is 0 Å². The fraction of sp³-hybridized carbons (Fsp3) is 0.875. The molecule has 0 spiro atoms. The van der Waals surface area contributed by atoms with Crippen molar-refractivity contribution in [2.24, 2.45) is 11.8 Å². The first kappa shape index (κ1) is 8.01. The molecular formula is C8H14N2O2. The summed E-state index contributed by atoms with van der Waals surface area (Å²) in [7, 11) is 0. The number of ether oxygens (including phenoxy) is 1. The summed E-state index contributed by atoms with van der Waals surface area (Å²) in [6.07, 6.45) is 0. The Balaban J connectivity index is 1.61. The standard InChI is InChI=1S/C8H14N2O2/c11-8(7-3-10-4-7)12-5-6-1-9-2-6/h6-7,9-10H,1-5H2. The van der Waals surface area contributed by atoms with E-state index in [1.165, 1.54) is 0 Å². The number of rotatable bonds is 3. The normalized spacial score (nSPS) is 24.3. The van der Waals surface area contributed by atoms with E-state index in [1.807, 2.05) is 0 Å². The number of hydrogen-bond acceptors (Lipinski definition) is 4. The van der Waals surface area contributed by atoms with Crippen LogP contribution in [0.4, 0.5) is 0 Å². The van der Waals surface area contributed by atoms with Gasteiger partial charge < -0.3 is 15.4 Å².